The molecule has 1 amide bonds. The van der Waals surface area contributed by atoms with Crippen LogP contribution in [0, 0.1) is 24.2 Å². The van der Waals surface area contributed by atoms with Crippen molar-refractivity contribution >= 4 is 17.5 Å². The summed E-state index contributed by atoms with van der Waals surface area (Å²) in [5.74, 6) is -0.392. The van der Waals surface area contributed by atoms with Crippen LogP contribution in [0.5, 0.6) is 0 Å². The number of halogens is 1. The lowest BCUT2D eigenvalue weighted by Gasteiger charge is -2.07. The Labute approximate surface area is 100 Å². The van der Waals surface area contributed by atoms with Gasteiger partial charge in [-0.15, -0.1) is 0 Å². The van der Waals surface area contributed by atoms with E-state index in [-0.39, 0.29) is 11.8 Å². The van der Waals surface area contributed by atoms with Crippen molar-refractivity contribution in [2.45, 2.75) is 13.8 Å². The number of nitriles is 1. The third-order valence-electron chi connectivity index (χ3n) is 2.09. The van der Waals surface area contributed by atoms with Gasteiger partial charge in [-0.25, -0.2) is 0 Å². The minimum Gasteiger partial charge on any atom is -0.351 e. The number of aryl methyl sites for hydroxylation is 1. The molecule has 1 unspecified atom stereocenters. The van der Waals surface area contributed by atoms with Crippen molar-refractivity contribution in [3.63, 3.8) is 0 Å². The lowest BCUT2D eigenvalue weighted by Crippen LogP contribution is -2.27. The smallest absolute Gasteiger partial charge is 0.251 e. The van der Waals surface area contributed by atoms with Crippen molar-refractivity contribution in [1.82, 2.24) is 5.32 Å². The molecule has 1 N–H and O–H groups in total. The van der Waals surface area contributed by atoms with Crippen molar-refractivity contribution in [3.8, 4) is 6.07 Å². The second kappa shape index (κ2) is 5.53. The van der Waals surface area contributed by atoms with Gasteiger partial charge in [0.05, 0.1) is 12.0 Å². The van der Waals surface area contributed by atoms with E-state index >= 15 is 0 Å². The first kappa shape index (κ1) is 12.5. The predicted molar refractivity (Wildman–Crippen MR) is 63.3 cm³/mol. The Morgan fingerprint density at radius 1 is 1.56 bits per heavy atom. The van der Waals surface area contributed by atoms with E-state index in [0.29, 0.717) is 17.1 Å². The van der Waals surface area contributed by atoms with Crippen molar-refractivity contribution in [2.75, 3.05) is 6.54 Å². The summed E-state index contributed by atoms with van der Waals surface area (Å²) in [6, 6.07) is 7.22. The van der Waals surface area contributed by atoms with Crippen molar-refractivity contribution in [2.24, 2.45) is 5.92 Å². The number of benzene rings is 1. The third kappa shape index (κ3) is 3.56. The van der Waals surface area contributed by atoms with Crippen LogP contribution in [0.1, 0.15) is 22.8 Å². The second-order valence-electron chi connectivity index (χ2n) is 3.76. The Hall–Kier alpha value is -1.53. The molecule has 1 aromatic carbocycles. The number of carbonyl (C=O) groups is 1. The molecule has 16 heavy (non-hydrogen) atoms. The molecule has 1 rings (SSSR count). The molecule has 0 saturated carbocycles. The Balaban J connectivity index is 2.70. The molecule has 0 spiro atoms. The van der Waals surface area contributed by atoms with E-state index < -0.39 is 0 Å². The molecule has 0 aromatic heterocycles. The third-order valence-corrected chi connectivity index (χ3v) is 2.31. The van der Waals surface area contributed by atoms with Gasteiger partial charge in [-0.1, -0.05) is 11.6 Å². The molecule has 0 saturated heterocycles. The summed E-state index contributed by atoms with van der Waals surface area (Å²) in [5.41, 5.74) is 1.46. The second-order valence-corrected chi connectivity index (χ2v) is 4.19. The van der Waals surface area contributed by atoms with Gasteiger partial charge in [-0.05, 0) is 37.6 Å². The van der Waals surface area contributed by atoms with E-state index in [2.05, 4.69) is 11.4 Å². The first-order valence-corrected chi connectivity index (χ1v) is 5.35. The molecule has 84 valence electrons. The number of nitrogens with one attached hydrogen (secondary N) is 1. The largest absolute Gasteiger partial charge is 0.351 e. The van der Waals surface area contributed by atoms with E-state index in [1.165, 1.54) is 0 Å². The van der Waals surface area contributed by atoms with Crippen LogP contribution in [0.15, 0.2) is 18.2 Å². The number of hydrogen-bond donors (Lipinski definition) is 1. The lowest BCUT2D eigenvalue weighted by molar-refractivity contribution is 0.0950. The van der Waals surface area contributed by atoms with Gasteiger partial charge in [-0.3, -0.25) is 4.79 Å². The summed E-state index contributed by atoms with van der Waals surface area (Å²) in [7, 11) is 0. The normalized spacial score (nSPS) is 11.6. The molecule has 0 aliphatic carbocycles. The maximum absolute atomic E-state index is 11.7. The van der Waals surface area contributed by atoms with Crippen LogP contribution in [0.3, 0.4) is 0 Å². The van der Waals surface area contributed by atoms with Crippen molar-refractivity contribution in [1.29, 1.82) is 5.26 Å². The van der Waals surface area contributed by atoms with Crippen molar-refractivity contribution in [3.05, 3.63) is 34.3 Å². The van der Waals surface area contributed by atoms with E-state index in [1.807, 2.05) is 6.92 Å². The quantitative estimate of drug-likeness (QED) is 0.877. The Bertz CT molecular complexity index is 417. The summed E-state index contributed by atoms with van der Waals surface area (Å²) in [6.45, 7) is 3.98. The lowest BCUT2D eigenvalue weighted by atomic mass is 10.1. The molecular weight excluding hydrogens is 224 g/mol. The van der Waals surface area contributed by atoms with Crippen LogP contribution in [-0.2, 0) is 0 Å². The van der Waals surface area contributed by atoms with Gasteiger partial charge in [0, 0.05) is 17.1 Å². The van der Waals surface area contributed by atoms with E-state index in [9.17, 15) is 4.79 Å². The van der Waals surface area contributed by atoms with Gasteiger partial charge in [-0.2, -0.15) is 5.26 Å². The molecule has 0 fully saturated rings. The predicted octanol–water partition coefficient (Wildman–Crippen LogP) is 2.54. The topological polar surface area (TPSA) is 52.9 Å². The zero-order valence-electron chi connectivity index (χ0n) is 9.25. The van der Waals surface area contributed by atoms with Crippen molar-refractivity contribution < 1.29 is 4.79 Å². The van der Waals surface area contributed by atoms with Gasteiger partial charge in [0.1, 0.15) is 0 Å². The zero-order valence-corrected chi connectivity index (χ0v) is 10.0. The molecule has 0 heterocycles. The standard InChI is InChI=1S/C12H13ClN2O/c1-8-3-10(5-11(13)4-8)12(16)15-7-9(2)6-14/h3-5,9H,7H2,1-2H3,(H,15,16). The number of nitrogens with zero attached hydrogens (tertiary/aromatic N) is 1. The Morgan fingerprint density at radius 3 is 2.81 bits per heavy atom. The molecule has 0 bridgehead atoms. The molecule has 0 radical (unpaired) electrons. The molecule has 4 heteroatoms. The molecular formula is C12H13ClN2O. The van der Waals surface area contributed by atoms with E-state index in [1.54, 1.807) is 25.1 Å². The van der Waals surface area contributed by atoms with Gasteiger partial charge in [0.15, 0.2) is 0 Å². The molecule has 1 atom stereocenters. The molecule has 0 aliphatic heterocycles. The highest BCUT2D eigenvalue weighted by Crippen LogP contribution is 2.14. The van der Waals surface area contributed by atoms with Crippen LogP contribution in [0.2, 0.25) is 5.02 Å². The highest BCUT2D eigenvalue weighted by Gasteiger charge is 2.08. The number of amides is 1. The zero-order chi connectivity index (χ0) is 12.1. The maximum Gasteiger partial charge on any atom is 0.251 e. The fourth-order valence-corrected chi connectivity index (χ4v) is 1.55. The first-order chi connectivity index (χ1) is 7.52. The average Bonchev–Trinajstić information content (AvgIpc) is 2.23. The Kier molecular flexibility index (Phi) is 4.33. The van der Waals surface area contributed by atoms with Crippen LogP contribution >= 0.6 is 11.6 Å². The molecule has 3 nitrogen and oxygen atoms in total. The summed E-state index contributed by atoms with van der Waals surface area (Å²) in [4.78, 5) is 11.7. The maximum atomic E-state index is 11.7. The fraction of sp³-hybridized carbons (Fsp3) is 0.333. The number of hydrogen-bond acceptors (Lipinski definition) is 2. The summed E-state index contributed by atoms with van der Waals surface area (Å²) >= 11 is 5.85. The van der Waals surface area contributed by atoms with Crippen LogP contribution in [-0.4, -0.2) is 12.5 Å². The molecule has 1 aromatic rings. The van der Waals surface area contributed by atoms with Gasteiger partial charge < -0.3 is 5.32 Å². The fourth-order valence-electron chi connectivity index (χ4n) is 1.26. The average molecular weight is 237 g/mol. The van der Waals surface area contributed by atoms with Crippen LogP contribution < -0.4 is 5.32 Å². The van der Waals surface area contributed by atoms with Gasteiger partial charge >= 0.3 is 0 Å². The summed E-state index contributed by atoms with van der Waals surface area (Å²) < 4.78 is 0. The molecule has 0 aliphatic rings. The van der Waals surface area contributed by atoms with Gasteiger partial charge in [0.2, 0.25) is 0 Å². The highest BCUT2D eigenvalue weighted by atomic mass is 35.5. The SMILES string of the molecule is Cc1cc(Cl)cc(C(=O)NCC(C)C#N)c1. The monoisotopic (exact) mass is 236 g/mol. The minimum absolute atomic E-state index is 0.191. The highest BCUT2D eigenvalue weighted by molar-refractivity contribution is 6.31. The van der Waals surface area contributed by atoms with E-state index in [0.717, 1.165) is 5.56 Å². The Morgan fingerprint density at radius 2 is 2.25 bits per heavy atom. The van der Waals surface area contributed by atoms with Crippen LogP contribution in [0.25, 0.3) is 0 Å². The van der Waals surface area contributed by atoms with E-state index in [4.69, 9.17) is 16.9 Å². The van der Waals surface area contributed by atoms with Crippen LogP contribution in [0.4, 0.5) is 0 Å². The number of rotatable bonds is 3. The number of carbonyl (C=O) groups excluding carboxylic acids is 1. The first-order valence-electron chi connectivity index (χ1n) is 4.98. The minimum atomic E-state index is -0.201. The summed E-state index contributed by atoms with van der Waals surface area (Å²) in [5, 5.41) is 11.8. The summed E-state index contributed by atoms with van der Waals surface area (Å²) in [6.07, 6.45) is 0. The van der Waals surface area contributed by atoms with Gasteiger partial charge in [0.25, 0.3) is 5.91 Å².